The summed E-state index contributed by atoms with van der Waals surface area (Å²) in [6.07, 6.45) is 0. The quantitative estimate of drug-likeness (QED) is 0.767. The molecule has 1 unspecified atom stereocenters. The van der Waals surface area contributed by atoms with E-state index < -0.39 is 5.92 Å². The minimum atomic E-state index is -0.684. The zero-order valence-electron chi connectivity index (χ0n) is 9.00. The van der Waals surface area contributed by atoms with Gasteiger partial charge in [0.1, 0.15) is 5.92 Å². The third-order valence-electron chi connectivity index (χ3n) is 2.31. The maximum atomic E-state index is 12.0. The molecule has 1 aromatic carbocycles. The van der Waals surface area contributed by atoms with Crippen molar-refractivity contribution in [2.45, 2.75) is 13.8 Å². The van der Waals surface area contributed by atoms with Crippen molar-refractivity contribution in [2.75, 3.05) is 0 Å². The first-order valence-electron chi connectivity index (χ1n) is 4.87. The SMILES string of the molecule is CC(C)C(C#N)C(=O)c1cccc(Cl)c1Cl. The highest BCUT2D eigenvalue weighted by atomic mass is 35.5. The lowest BCUT2D eigenvalue weighted by atomic mass is 9.89. The summed E-state index contributed by atoms with van der Waals surface area (Å²) in [6.45, 7) is 3.65. The number of carbonyl (C=O) groups is 1. The second kappa shape index (κ2) is 5.34. The monoisotopic (exact) mass is 255 g/mol. The van der Waals surface area contributed by atoms with Crippen LogP contribution in [0.1, 0.15) is 24.2 Å². The molecule has 0 saturated carbocycles. The molecule has 0 saturated heterocycles. The molecule has 0 spiro atoms. The van der Waals surface area contributed by atoms with E-state index in [4.69, 9.17) is 28.5 Å². The van der Waals surface area contributed by atoms with Crippen LogP contribution in [0.4, 0.5) is 0 Å². The fourth-order valence-electron chi connectivity index (χ4n) is 1.37. The van der Waals surface area contributed by atoms with Gasteiger partial charge in [0.25, 0.3) is 0 Å². The molecular weight excluding hydrogens is 245 g/mol. The van der Waals surface area contributed by atoms with Gasteiger partial charge < -0.3 is 0 Å². The summed E-state index contributed by atoms with van der Waals surface area (Å²) in [5, 5.41) is 9.49. The maximum Gasteiger partial charge on any atom is 0.181 e. The molecule has 0 amide bonds. The number of nitrogens with zero attached hydrogens (tertiary/aromatic N) is 1. The van der Waals surface area contributed by atoms with E-state index in [0.29, 0.717) is 10.6 Å². The van der Waals surface area contributed by atoms with Gasteiger partial charge in [-0.15, -0.1) is 0 Å². The highest BCUT2D eigenvalue weighted by Crippen LogP contribution is 2.28. The van der Waals surface area contributed by atoms with Gasteiger partial charge in [0.15, 0.2) is 5.78 Å². The van der Waals surface area contributed by atoms with Gasteiger partial charge in [-0.1, -0.05) is 43.1 Å². The molecule has 16 heavy (non-hydrogen) atoms. The Balaban J connectivity index is 3.15. The molecule has 1 rings (SSSR count). The Labute approximate surface area is 105 Å². The molecule has 2 nitrogen and oxygen atoms in total. The molecule has 0 aliphatic carbocycles. The van der Waals surface area contributed by atoms with Gasteiger partial charge in [-0.25, -0.2) is 0 Å². The van der Waals surface area contributed by atoms with Crippen molar-refractivity contribution in [3.05, 3.63) is 33.8 Å². The molecular formula is C12H11Cl2NO. The van der Waals surface area contributed by atoms with Crippen LogP contribution in [0.5, 0.6) is 0 Å². The molecule has 4 heteroatoms. The van der Waals surface area contributed by atoms with Crippen LogP contribution in [0, 0.1) is 23.2 Å². The second-order valence-electron chi connectivity index (χ2n) is 3.82. The predicted octanol–water partition coefficient (Wildman–Crippen LogP) is 3.97. The van der Waals surface area contributed by atoms with E-state index in [2.05, 4.69) is 0 Å². The van der Waals surface area contributed by atoms with Crippen LogP contribution >= 0.6 is 23.2 Å². The van der Waals surface area contributed by atoms with Crippen molar-refractivity contribution in [2.24, 2.45) is 11.8 Å². The van der Waals surface area contributed by atoms with Crippen LogP contribution in [0.2, 0.25) is 10.0 Å². The Morgan fingerprint density at radius 3 is 2.50 bits per heavy atom. The standard InChI is InChI=1S/C12H11Cl2NO/c1-7(2)9(6-15)12(16)8-4-3-5-10(13)11(8)14/h3-5,7,9H,1-2H3. The first-order chi connectivity index (χ1) is 7.49. The number of benzene rings is 1. The Bertz CT molecular complexity index is 449. The van der Waals surface area contributed by atoms with Crippen LogP contribution in [-0.2, 0) is 0 Å². The van der Waals surface area contributed by atoms with E-state index in [9.17, 15) is 4.79 Å². The normalized spacial score (nSPS) is 12.2. The zero-order chi connectivity index (χ0) is 12.3. The largest absolute Gasteiger partial charge is 0.293 e. The third-order valence-corrected chi connectivity index (χ3v) is 3.12. The molecule has 0 N–H and O–H groups in total. The van der Waals surface area contributed by atoms with Crippen LogP contribution in [-0.4, -0.2) is 5.78 Å². The highest BCUT2D eigenvalue weighted by molar-refractivity contribution is 6.44. The van der Waals surface area contributed by atoms with Crippen molar-refractivity contribution >= 4 is 29.0 Å². The zero-order valence-corrected chi connectivity index (χ0v) is 10.5. The first-order valence-corrected chi connectivity index (χ1v) is 5.62. The van der Waals surface area contributed by atoms with Crippen LogP contribution < -0.4 is 0 Å². The number of halogens is 2. The van der Waals surface area contributed by atoms with Crippen molar-refractivity contribution < 1.29 is 4.79 Å². The lowest BCUT2D eigenvalue weighted by Crippen LogP contribution is -2.19. The third kappa shape index (κ3) is 2.55. The Kier molecular flexibility index (Phi) is 4.35. The number of Topliss-reactive ketones (excluding diaryl/α,β-unsaturated/α-hetero) is 1. The molecule has 84 valence electrons. The minimum absolute atomic E-state index is 0.0486. The van der Waals surface area contributed by atoms with Gasteiger partial charge in [-0.3, -0.25) is 4.79 Å². The molecule has 0 radical (unpaired) electrons. The van der Waals surface area contributed by atoms with Crippen molar-refractivity contribution in [1.82, 2.24) is 0 Å². The average Bonchev–Trinajstić information content (AvgIpc) is 2.22. The summed E-state index contributed by atoms with van der Waals surface area (Å²) in [6, 6.07) is 6.84. The smallest absolute Gasteiger partial charge is 0.181 e. The Morgan fingerprint density at radius 2 is 2.00 bits per heavy atom. The van der Waals surface area contributed by atoms with Crippen LogP contribution in [0.3, 0.4) is 0 Å². The molecule has 0 heterocycles. The summed E-state index contributed by atoms with van der Waals surface area (Å²) in [7, 11) is 0. The van der Waals surface area contributed by atoms with Crippen molar-refractivity contribution in [3.63, 3.8) is 0 Å². The van der Waals surface area contributed by atoms with Crippen LogP contribution in [0.15, 0.2) is 18.2 Å². The van der Waals surface area contributed by atoms with Gasteiger partial charge in [0.05, 0.1) is 16.1 Å². The molecule has 0 bridgehead atoms. The lowest BCUT2D eigenvalue weighted by Gasteiger charge is -2.12. The Morgan fingerprint density at radius 1 is 1.38 bits per heavy atom. The maximum absolute atomic E-state index is 12.0. The molecule has 0 aromatic heterocycles. The van der Waals surface area contributed by atoms with E-state index in [1.165, 1.54) is 0 Å². The van der Waals surface area contributed by atoms with Gasteiger partial charge in [0.2, 0.25) is 0 Å². The van der Waals surface area contributed by atoms with Crippen LogP contribution in [0.25, 0.3) is 0 Å². The van der Waals surface area contributed by atoms with E-state index in [0.717, 1.165) is 0 Å². The summed E-state index contributed by atoms with van der Waals surface area (Å²) in [5.74, 6) is -1.01. The van der Waals surface area contributed by atoms with E-state index in [-0.39, 0.29) is 16.7 Å². The fraction of sp³-hybridized carbons (Fsp3) is 0.333. The number of hydrogen-bond acceptors (Lipinski definition) is 2. The predicted molar refractivity (Wildman–Crippen MR) is 64.7 cm³/mol. The number of nitriles is 1. The van der Waals surface area contributed by atoms with Gasteiger partial charge >= 0.3 is 0 Å². The summed E-state index contributed by atoms with van der Waals surface area (Å²) in [5.41, 5.74) is 0.314. The minimum Gasteiger partial charge on any atom is -0.293 e. The molecule has 0 aliphatic heterocycles. The first kappa shape index (κ1) is 13.0. The second-order valence-corrected chi connectivity index (χ2v) is 4.60. The summed E-state index contributed by atoms with van der Waals surface area (Å²) < 4.78 is 0. The van der Waals surface area contributed by atoms with Gasteiger partial charge in [-0.2, -0.15) is 5.26 Å². The number of ketones is 1. The number of hydrogen-bond donors (Lipinski definition) is 0. The van der Waals surface area contributed by atoms with Gasteiger partial charge in [0, 0.05) is 5.56 Å². The Hall–Kier alpha value is -1.04. The number of carbonyl (C=O) groups excluding carboxylic acids is 1. The molecule has 0 aliphatic rings. The lowest BCUT2D eigenvalue weighted by molar-refractivity contribution is 0.0924. The van der Waals surface area contributed by atoms with Crippen molar-refractivity contribution in [1.29, 1.82) is 5.26 Å². The molecule has 1 atom stereocenters. The molecule has 0 fully saturated rings. The van der Waals surface area contributed by atoms with E-state index in [1.54, 1.807) is 18.2 Å². The van der Waals surface area contributed by atoms with Gasteiger partial charge in [-0.05, 0) is 18.1 Å². The van der Waals surface area contributed by atoms with E-state index in [1.807, 2.05) is 19.9 Å². The van der Waals surface area contributed by atoms with Crippen molar-refractivity contribution in [3.8, 4) is 6.07 Å². The highest BCUT2D eigenvalue weighted by Gasteiger charge is 2.25. The molecule has 1 aromatic rings. The summed E-state index contributed by atoms with van der Waals surface area (Å²) >= 11 is 11.7. The number of rotatable bonds is 3. The average molecular weight is 256 g/mol. The fourth-order valence-corrected chi connectivity index (χ4v) is 1.77. The van der Waals surface area contributed by atoms with E-state index >= 15 is 0 Å². The topological polar surface area (TPSA) is 40.9 Å². The summed E-state index contributed by atoms with van der Waals surface area (Å²) in [4.78, 5) is 12.0.